The van der Waals surface area contributed by atoms with Crippen molar-refractivity contribution >= 4 is 28.1 Å². The summed E-state index contributed by atoms with van der Waals surface area (Å²) in [4.78, 5) is 50.9. The molecule has 2 aliphatic heterocycles. The number of carbonyl (C=O) groups is 3. The van der Waals surface area contributed by atoms with Crippen LogP contribution in [0.15, 0.2) is 39.1 Å². The standard InChI is InChI=1S/C25H16O9/c1-9-5-14(26)16-17(19(9)27)21(29)22-18(20(16)28)23(30)25(34-22)4-3-11-7-12-6-10(2)32-24(31)13(12)8-15(11)33-25/h5-8,28-29H,3-4H2,1-2H3/t25-/m1/s1. The van der Waals surface area contributed by atoms with Crippen LogP contribution in [0.25, 0.3) is 10.8 Å². The number of hydrogen-bond acceptors (Lipinski definition) is 9. The first kappa shape index (κ1) is 20.2. The Labute approximate surface area is 190 Å². The van der Waals surface area contributed by atoms with Crippen molar-refractivity contribution in [2.24, 2.45) is 0 Å². The third kappa shape index (κ3) is 2.43. The van der Waals surface area contributed by atoms with Gasteiger partial charge in [-0.25, -0.2) is 4.79 Å². The minimum atomic E-state index is -1.94. The van der Waals surface area contributed by atoms with E-state index < -0.39 is 62.7 Å². The number of phenolic OH excluding ortho intramolecular Hbond substituents is 2. The number of hydrogen-bond donors (Lipinski definition) is 2. The van der Waals surface area contributed by atoms with Gasteiger partial charge in [-0.15, -0.1) is 0 Å². The molecular formula is C25H16O9. The molecule has 1 atom stereocenters. The van der Waals surface area contributed by atoms with Crippen molar-refractivity contribution in [1.82, 2.24) is 0 Å². The Kier molecular flexibility index (Phi) is 3.77. The van der Waals surface area contributed by atoms with Gasteiger partial charge >= 0.3 is 11.4 Å². The van der Waals surface area contributed by atoms with Gasteiger partial charge in [-0.3, -0.25) is 14.4 Å². The average molecular weight is 460 g/mol. The largest absolute Gasteiger partial charge is 0.506 e. The molecule has 1 aliphatic carbocycles. The molecule has 170 valence electrons. The molecule has 34 heavy (non-hydrogen) atoms. The van der Waals surface area contributed by atoms with Gasteiger partial charge in [-0.05, 0) is 55.5 Å². The minimum absolute atomic E-state index is 0.0299. The van der Waals surface area contributed by atoms with E-state index in [2.05, 4.69) is 0 Å². The van der Waals surface area contributed by atoms with Crippen LogP contribution in [0, 0.1) is 6.92 Å². The number of carbonyl (C=O) groups excluding carboxylic acids is 3. The lowest BCUT2D eigenvalue weighted by atomic mass is 9.85. The Morgan fingerprint density at radius 2 is 1.68 bits per heavy atom. The van der Waals surface area contributed by atoms with Crippen molar-refractivity contribution < 1.29 is 38.5 Å². The van der Waals surface area contributed by atoms with Gasteiger partial charge in [0, 0.05) is 12.0 Å². The molecule has 0 saturated heterocycles. The average Bonchev–Trinajstić information content (AvgIpc) is 3.06. The summed E-state index contributed by atoms with van der Waals surface area (Å²) < 4.78 is 16.9. The van der Waals surface area contributed by atoms with E-state index in [1.807, 2.05) is 0 Å². The highest BCUT2D eigenvalue weighted by atomic mass is 16.7. The summed E-state index contributed by atoms with van der Waals surface area (Å²) in [6.45, 7) is 3.07. The Bertz CT molecular complexity index is 1620. The molecule has 0 radical (unpaired) electrons. The van der Waals surface area contributed by atoms with Crippen LogP contribution < -0.4 is 15.1 Å². The van der Waals surface area contributed by atoms with Crippen molar-refractivity contribution in [2.45, 2.75) is 32.5 Å². The van der Waals surface area contributed by atoms with Crippen LogP contribution in [0.1, 0.15) is 55.7 Å². The number of aromatic hydroxyl groups is 2. The molecule has 6 rings (SSSR count). The van der Waals surface area contributed by atoms with Gasteiger partial charge < -0.3 is 24.1 Å². The summed E-state index contributed by atoms with van der Waals surface area (Å²) in [6.07, 6.45) is 1.39. The highest BCUT2D eigenvalue weighted by Crippen LogP contribution is 2.53. The molecule has 0 unspecified atom stereocenters. The van der Waals surface area contributed by atoms with Crippen LogP contribution in [0.4, 0.5) is 0 Å². The predicted molar refractivity (Wildman–Crippen MR) is 116 cm³/mol. The summed E-state index contributed by atoms with van der Waals surface area (Å²) in [5.41, 5.74) is -1.05. The van der Waals surface area contributed by atoms with Crippen LogP contribution in [-0.2, 0) is 6.42 Å². The van der Waals surface area contributed by atoms with Gasteiger partial charge in [0.05, 0.1) is 16.5 Å². The number of phenols is 2. The van der Waals surface area contributed by atoms with Gasteiger partial charge in [0.1, 0.15) is 22.8 Å². The smallest absolute Gasteiger partial charge is 0.343 e. The van der Waals surface area contributed by atoms with Gasteiger partial charge in [-0.2, -0.15) is 0 Å². The molecule has 9 heteroatoms. The molecule has 3 aliphatic rings. The highest BCUT2D eigenvalue weighted by molar-refractivity contribution is 6.28. The summed E-state index contributed by atoms with van der Waals surface area (Å²) in [6, 6.07) is 4.95. The molecule has 3 heterocycles. The van der Waals surface area contributed by atoms with Crippen molar-refractivity contribution in [3.05, 3.63) is 68.3 Å². The Balaban J connectivity index is 1.50. The first-order valence-electron chi connectivity index (χ1n) is 10.5. The molecule has 0 bridgehead atoms. The first-order valence-corrected chi connectivity index (χ1v) is 10.5. The summed E-state index contributed by atoms with van der Waals surface area (Å²) in [7, 11) is 0. The predicted octanol–water partition coefficient (Wildman–Crippen LogP) is 3.13. The summed E-state index contributed by atoms with van der Waals surface area (Å²) in [5.74, 6) is -5.31. The third-order valence-corrected chi connectivity index (χ3v) is 6.49. The van der Waals surface area contributed by atoms with Gasteiger partial charge in [0.2, 0.25) is 0 Å². The second-order valence-corrected chi connectivity index (χ2v) is 8.65. The van der Waals surface area contributed by atoms with Crippen LogP contribution in [0.2, 0.25) is 0 Å². The number of rotatable bonds is 0. The molecule has 2 aromatic carbocycles. The highest BCUT2D eigenvalue weighted by Gasteiger charge is 2.56. The molecular weight excluding hydrogens is 444 g/mol. The summed E-state index contributed by atoms with van der Waals surface area (Å²) in [5, 5.41) is 22.5. The molecule has 9 nitrogen and oxygen atoms in total. The molecule has 0 amide bonds. The molecule has 2 N–H and O–H groups in total. The number of aryl methyl sites for hydroxylation is 2. The van der Waals surface area contributed by atoms with Crippen molar-refractivity contribution in [3.8, 4) is 23.0 Å². The van der Waals surface area contributed by atoms with Crippen LogP contribution in [0.3, 0.4) is 0 Å². The quantitative estimate of drug-likeness (QED) is 0.484. The van der Waals surface area contributed by atoms with Gasteiger partial charge in [0.15, 0.2) is 23.1 Å². The SMILES string of the molecule is CC1=CC(=O)c2c(O)c3c(c(O)c2C1=O)O[C@]1(CCc2cc4cc(C)oc(=O)c4cc2O1)C3=O. The fourth-order valence-electron chi connectivity index (χ4n) is 4.85. The fraction of sp³-hybridized carbons (Fsp3) is 0.200. The zero-order valence-electron chi connectivity index (χ0n) is 18.0. The number of ether oxygens (including phenoxy) is 2. The maximum atomic E-state index is 13.5. The lowest BCUT2D eigenvalue weighted by Crippen LogP contribution is -2.48. The first-order chi connectivity index (χ1) is 16.1. The fourth-order valence-corrected chi connectivity index (χ4v) is 4.85. The van der Waals surface area contributed by atoms with Crippen molar-refractivity contribution in [3.63, 3.8) is 0 Å². The van der Waals surface area contributed by atoms with E-state index in [1.165, 1.54) is 13.0 Å². The number of benzene rings is 2. The van der Waals surface area contributed by atoms with E-state index >= 15 is 0 Å². The normalized spacial score (nSPS) is 20.5. The van der Waals surface area contributed by atoms with E-state index in [0.717, 1.165) is 11.6 Å². The zero-order valence-corrected chi connectivity index (χ0v) is 18.0. The number of allylic oxidation sites excluding steroid dienone is 2. The lowest BCUT2D eigenvalue weighted by Gasteiger charge is -2.33. The third-order valence-electron chi connectivity index (χ3n) is 6.49. The Hall–Kier alpha value is -4.40. The Morgan fingerprint density at radius 1 is 0.912 bits per heavy atom. The zero-order chi connectivity index (χ0) is 24.1. The minimum Gasteiger partial charge on any atom is -0.506 e. The number of ketones is 3. The molecule has 1 aromatic heterocycles. The van der Waals surface area contributed by atoms with E-state index in [0.29, 0.717) is 17.6 Å². The van der Waals surface area contributed by atoms with E-state index in [-0.39, 0.29) is 23.1 Å². The number of fused-ring (bicyclic) bond motifs is 4. The molecule has 0 fully saturated rings. The van der Waals surface area contributed by atoms with E-state index in [4.69, 9.17) is 13.9 Å². The lowest BCUT2D eigenvalue weighted by molar-refractivity contribution is -0.0823. The monoisotopic (exact) mass is 460 g/mol. The van der Waals surface area contributed by atoms with E-state index in [1.54, 1.807) is 19.1 Å². The van der Waals surface area contributed by atoms with Crippen LogP contribution in [-0.4, -0.2) is 33.3 Å². The molecule has 1 spiro atoms. The van der Waals surface area contributed by atoms with Crippen LogP contribution >= 0.6 is 0 Å². The Morgan fingerprint density at radius 3 is 2.44 bits per heavy atom. The van der Waals surface area contributed by atoms with E-state index in [9.17, 15) is 29.4 Å². The van der Waals surface area contributed by atoms with Crippen molar-refractivity contribution in [2.75, 3.05) is 0 Å². The van der Waals surface area contributed by atoms with Crippen LogP contribution in [0.5, 0.6) is 23.0 Å². The second kappa shape index (κ2) is 6.34. The second-order valence-electron chi connectivity index (χ2n) is 8.65. The maximum absolute atomic E-state index is 13.5. The van der Waals surface area contributed by atoms with Crippen molar-refractivity contribution in [1.29, 1.82) is 0 Å². The maximum Gasteiger partial charge on any atom is 0.343 e. The number of Topliss-reactive ketones (excluding diaryl/α,β-unsaturated/α-hetero) is 2. The molecule has 3 aromatic rings. The molecule has 0 saturated carbocycles. The summed E-state index contributed by atoms with van der Waals surface area (Å²) >= 11 is 0. The van der Waals surface area contributed by atoms with Gasteiger partial charge in [0.25, 0.3) is 5.78 Å². The van der Waals surface area contributed by atoms with Gasteiger partial charge in [-0.1, -0.05) is 0 Å². The topological polar surface area (TPSA) is 140 Å².